The first-order valence-corrected chi connectivity index (χ1v) is 5.17. The van der Waals surface area contributed by atoms with Crippen molar-refractivity contribution in [3.05, 3.63) is 0 Å². The van der Waals surface area contributed by atoms with Crippen LogP contribution < -0.4 is 5.73 Å². The molecule has 0 aromatic rings. The summed E-state index contributed by atoms with van der Waals surface area (Å²) in [5.74, 6) is 3.75. The van der Waals surface area contributed by atoms with Gasteiger partial charge < -0.3 is 5.73 Å². The molecule has 1 rings (SSSR count). The van der Waals surface area contributed by atoms with E-state index in [1.165, 1.54) is 0 Å². The third-order valence-electron chi connectivity index (χ3n) is 2.98. The second-order valence-corrected chi connectivity index (χ2v) is 4.11. The van der Waals surface area contributed by atoms with Gasteiger partial charge in [0.25, 0.3) is 0 Å². The Morgan fingerprint density at radius 3 is 2.53 bits per heavy atom. The highest BCUT2D eigenvalue weighted by atomic mass is 19.4. The normalized spacial score (nSPS) is 31.9. The zero-order valence-electron chi connectivity index (χ0n) is 8.77. The highest BCUT2D eigenvalue weighted by Gasteiger charge is 2.46. The Hall–Kier alpha value is -0.690. The third kappa shape index (κ3) is 3.42. The molecule has 0 aromatic heterocycles. The fraction of sp³-hybridized carbons (Fsp3) is 0.818. The minimum atomic E-state index is -4.10. The molecule has 0 amide bonds. The van der Waals surface area contributed by atoms with E-state index in [4.69, 9.17) is 5.73 Å². The van der Waals surface area contributed by atoms with Gasteiger partial charge in [-0.25, -0.2) is 0 Å². The Morgan fingerprint density at radius 2 is 2.00 bits per heavy atom. The minimum Gasteiger partial charge on any atom is -0.328 e. The first-order valence-electron chi connectivity index (χ1n) is 5.17. The highest BCUT2D eigenvalue weighted by Crippen LogP contribution is 2.42. The monoisotopic (exact) mass is 219 g/mol. The molecule has 0 spiro atoms. The molecule has 15 heavy (non-hydrogen) atoms. The summed E-state index contributed by atoms with van der Waals surface area (Å²) in [5, 5.41) is 0. The predicted octanol–water partition coefficient (Wildman–Crippen LogP) is 2.71. The number of alkyl halides is 3. The molecular weight excluding hydrogens is 203 g/mol. The predicted molar refractivity (Wildman–Crippen MR) is 52.9 cm³/mol. The van der Waals surface area contributed by atoms with Gasteiger partial charge in [0, 0.05) is 12.5 Å². The number of hydrogen-bond acceptors (Lipinski definition) is 1. The molecule has 0 bridgehead atoms. The van der Waals surface area contributed by atoms with Crippen LogP contribution in [-0.4, -0.2) is 12.2 Å². The maximum absolute atomic E-state index is 12.7. The molecule has 3 unspecified atom stereocenters. The lowest BCUT2D eigenvalue weighted by Gasteiger charge is -2.34. The highest BCUT2D eigenvalue weighted by molar-refractivity contribution is 4.99. The van der Waals surface area contributed by atoms with Crippen molar-refractivity contribution in [3.8, 4) is 11.8 Å². The van der Waals surface area contributed by atoms with E-state index in [1.54, 1.807) is 6.92 Å². The smallest absolute Gasteiger partial charge is 0.328 e. The van der Waals surface area contributed by atoms with Crippen LogP contribution in [0.3, 0.4) is 0 Å². The number of rotatable bonds is 1. The van der Waals surface area contributed by atoms with Crippen molar-refractivity contribution in [2.75, 3.05) is 0 Å². The van der Waals surface area contributed by atoms with Gasteiger partial charge in [0.2, 0.25) is 0 Å². The average molecular weight is 219 g/mol. The Bertz CT molecular complexity index is 261. The van der Waals surface area contributed by atoms with Crippen LogP contribution in [0.25, 0.3) is 0 Å². The lowest BCUT2D eigenvalue weighted by atomic mass is 9.75. The van der Waals surface area contributed by atoms with Crippen LogP contribution in [0.15, 0.2) is 0 Å². The van der Waals surface area contributed by atoms with Gasteiger partial charge in [0.1, 0.15) is 0 Å². The topological polar surface area (TPSA) is 26.0 Å². The molecule has 1 saturated carbocycles. The van der Waals surface area contributed by atoms with Crippen LogP contribution in [-0.2, 0) is 0 Å². The van der Waals surface area contributed by atoms with Gasteiger partial charge in [-0.1, -0.05) is 0 Å². The number of nitrogens with two attached hydrogens (primary N) is 1. The summed E-state index contributed by atoms with van der Waals surface area (Å²) in [6, 6.07) is -0.0905. The van der Waals surface area contributed by atoms with Crippen LogP contribution in [0.5, 0.6) is 0 Å². The lowest BCUT2D eigenvalue weighted by Crippen LogP contribution is -2.39. The molecule has 4 heteroatoms. The largest absolute Gasteiger partial charge is 0.392 e. The summed E-state index contributed by atoms with van der Waals surface area (Å²) < 4.78 is 38.0. The molecule has 0 radical (unpaired) electrons. The van der Waals surface area contributed by atoms with Gasteiger partial charge in [-0.05, 0) is 32.1 Å². The SMILES string of the molecule is CC#CCC1CC(N)CCC1C(F)(F)F. The summed E-state index contributed by atoms with van der Waals surface area (Å²) in [6.45, 7) is 1.64. The summed E-state index contributed by atoms with van der Waals surface area (Å²) in [6.07, 6.45) is -2.71. The van der Waals surface area contributed by atoms with Crippen molar-refractivity contribution in [2.45, 2.75) is 44.8 Å². The molecule has 86 valence electrons. The van der Waals surface area contributed by atoms with E-state index in [0.29, 0.717) is 19.3 Å². The fourth-order valence-electron chi connectivity index (χ4n) is 2.19. The van der Waals surface area contributed by atoms with E-state index >= 15 is 0 Å². The van der Waals surface area contributed by atoms with Crippen molar-refractivity contribution < 1.29 is 13.2 Å². The van der Waals surface area contributed by atoms with E-state index in [9.17, 15) is 13.2 Å². The van der Waals surface area contributed by atoms with E-state index in [2.05, 4.69) is 11.8 Å². The van der Waals surface area contributed by atoms with Gasteiger partial charge >= 0.3 is 6.18 Å². The number of hydrogen-bond donors (Lipinski definition) is 1. The molecule has 2 N–H and O–H groups in total. The first kappa shape index (κ1) is 12.4. The molecule has 0 aromatic carbocycles. The molecule has 1 aliphatic carbocycles. The third-order valence-corrected chi connectivity index (χ3v) is 2.98. The van der Waals surface area contributed by atoms with Gasteiger partial charge in [-0.15, -0.1) is 11.8 Å². The fourth-order valence-corrected chi connectivity index (χ4v) is 2.19. The maximum atomic E-state index is 12.7. The van der Waals surface area contributed by atoms with Crippen molar-refractivity contribution in [3.63, 3.8) is 0 Å². The maximum Gasteiger partial charge on any atom is 0.392 e. The second kappa shape index (κ2) is 4.89. The van der Waals surface area contributed by atoms with E-state index in [-0.39, 0.29) is 12.5 Å². The van der Waals surface area contributed by atoms with Crippen LogP contribution in [0.2, 0.25) is 0 Å². The van der Waals surface area contributed by atoms with Crippen molar-refractivity contribution in [2.24, 2.45) is 17.6 Å². The van der Waals surface area contributed by atoms with Gasteiger partial charge in [0.05, 0.1) is 5.92 Å². The van der Waals surface area contributed by atoms with E-state index < -0.39 is 18.0 Å². The van der Waals surface area contributed by atoms with Crippen molar-refractivity contribution in [1.82, 2.24) is 0 Å². The summed E-state index contributed by atoms with van der Waals surface area (Å²) in [4.78, 5) is 0. The molecule has 0 heterocycles. The lowest BCUT2D eigenvalue weighted by molar-refractivity contribution is -0.196. The molecule has 0 aliphatic heterocycles. The van der Waals surface area contributed by atoms with Gasteiger partial charge in [-0.2, -0.15) is 13.2 Å². The van der Waals surface area contributed by atoms with Crippen molar-refractivity contribution in [1.29, 1.82) is 0 Å². The van der Waals surface area contributed by atoms with Gasteiger partial charge in [0.15, 0.2) is 0 Å². The van der Waals surface area contributed by atoms with Crippen LogP contribution >= 0.6 is 0 Å². The molecule has 0 saturated heterocycles. The van der Waals surface area contributed by atoms with E-state index in [0.717, 1.165) is 0 Å². The van der Waals surface area contributed by atoms with Gasteiger partial charge in [-0.3, -0.25) is 0 Å². The van der Waals surface area contributed by atoms with Crippen molar-refractivity contribution >= 4 is 0 Å². The molecule has 3 atom stereocenters. The Balaban J connectivity index is 2.69. The van der Waals surface area contributed by atoms with Crippen LogP contribution in [0, 0.1) is 23.7 Å². The quantitative estimate of drug-likeness (QED) is 0.674. The minimum absolute atomic E-state index is 0.0905. The van der Waals surface area contributed by atoms with Crippen LogP contribution in [0.4, 0.5) is 13.2 Å². The Kier molecular flexibility index (Phi) is 4.04. The second-order valence-electron chi connectivity index (χ2n) is 4.11. The summed E-state index contributed by atoms with van der Waals surface area (Å²) in [5.41, 5.74) is 5.69. The summed E-state index contributed by atoms with van der Waals surface area (Å²) in [7, 11) is 0. The molecule has 1 aliphatic rings. The molecule has 1 nitrogen and oxygen atoms in total. The van der Waals surface area contributed by atoms with Crippen LogP contribution in [0.1, 0.15) is 32.6 Å². The Morgan fingerprint density at radius 1 is 1.33 bits per heavy atom. The first-order chi connectivity index (χ1) is 6.95. The zero-order valence-corrected chi connectivity index (χ0v) is 8.77. The molecule has 1 fully saturated rings. The standard InChI is InChI=1S/C11H16F3N/c1-2-3-4-8-7-9(15)5-6-10(8)11(12,13)14/h8-10H,4-7,15H2,1H3. The zero-order chi connectivity index (χ0) is 11.5. The molecular formula is C11H16F3N. The summed E-state index contributed by atoms with van der Waals surface area (Å²) >= 11 is 0. The average Bonchev–Trinajstić information content (AvgIpc) is 2.12. The Labute approximate surface area is 88.2 Å². The van der Waals surface area contributed by atoms with E-state index in [1.807, 2.05) is 0 Å². The number of halogens is 3.